The van der Waals surface area contributed by atoms with Crippen LogP contribution in [0.15, 0.2) is 4.99 Å². The Morgan fingerprint density at radius 2 is 1.40 bits per heavy atom. The Hall–Kier alpha value is -0.273. The highest BCUT2D eigenvalue weighted by molar-refractivity contribution is 6.60. The summed E-state index contributed by atoms with van der Waals surface area (Å²) in [5.74, 6) is 0. The van der Waals surface area contributed by atoms with Crippen LogP contribution in [0.2, 0.25) is 6.04 Å². The number of nitrogens with zero attached hydrogens (tertiary/aromatic N) is 2. The molecule has 0 aliphatic rings. The van der Waals surface area contributed by atoms with E-state index < -0.39 is 8.80 Å². The number of rotatable bonds is 17. The highest BCUT2D eigenvalue weighted by atomic mass is 28.4. The van der Waals surface area contributed by atoms with E-state index in [1.165, 1.54) is 18.7 Å². The second kappa shape index (κ2) is 15.9. The van der Waals surface area contributed by atoms with Crippen LogP contribution in [0.5, 0.6) is 0 Å². The van der Waals surface area contributed by atoms with Crippen molar-refractivity contribution >= 4 is 14.5 Å². The van der Waals surface area contributed by atoms with Gasteiger partial charge in [0.2, 0.25) is 0 Å². The maximum Gasteiger partial charge on any atom is 0.500 e. The van der Waals surface area contributed by atoms with Gasteiger partial charge in [-0.25, -0.2) is 0 Å². The summed E-state index contributed by atoms with van der Waals surface area (Å²) in [6, 6.07) is 0.850. The predicted molar refractivity (Wildman–Crippen MR) is 110 cm³/mol. The first kappa shape index (κ1) is 24.7. The van der Waals surface area contributed by atoms with Crippen LogP contribution in [-0.4, -0.2) is 65.4 Å². The lowest BCUT2D eigenvalue weighted by Gasteiger charge is -2.28. The van der Waals surface area contributed by atoms with Gasteiger partial charge in [-0.2, -0.15) is 0 Å². The largest absolute Gasteiger partial charge is 0.500 e. The number of hydrogen-bond acceptors (Lipinski definition) is 5. The third-order valence-corrected chi connectivity index (χ3v) is 7.46. The average Bonchev–Trinajstić information content (AvgIpc) is 2.61. The van der Waals surface area contributed by atoms with Crippen molar-refractivity contribution in [3.63, 3.8) is 0 Å². The summed E-state index contributed by atoms with van der Waals surface area (Å²) in [5.41, 5.74) is 1.34. The van der Waals surface area contributed by atoms with Gasteiger partial charge in [0.1, 0.15) is 0 Å². The maximum atomic E-state index is 5.90. The first-order valence-electron chi connectivity index (χ1n) is 10.3. The van der Waals surface area contributed by atoms with E-state index in [1.807, 2.05) is 20.8 Å². The summed E-state index contributed by atoms with van der Waals surface area (Å²) >= 11 is 0. The molecule has 0 fully saturated rings. The smallest absolute Gasteiger partial charge is 0.374 e. The van der Waals surface area contributed by atoms with Crippen LogP contribution >= 0.6 is 0 Å². The van der Waals surface area contributed by atoms with Crippen molar-refractivity contribution in [1.82, 2.24) is 4.90 Å². The monoisotopic (exact) mass is 374 g/mol. The molecular weight excluding hydrogens is 332 g/mol. The maximum absolute atomic E-state index is 5.90. The minimum Gasteiger partial charge on any atom is -0.374 e. The molecule has 0 radical (unpaired) electrons. The molecule has 0 bridgehead atoms. The second-order valence-corrected chi connectivity index (χ2v) is 8.75. The zero-order valence-corrected chi connectivity index (χ0v) is 18.6. The molecule has 0 spiro atoms. The van der Waals surface area contributed by atoms with E-state index in [2.05, 4.69) is 25.7 Å². The lowest BCUT2D eigenvalue weighted by Crippen LogP contribution is -2.46. The van der Waals surface area contributed by atoms with Crippen molar-refractivity contribution in [2.45, 2.75) is 73.3 Å². The molecule has 0 aromatic heterocycles. The van der Waals surface area contributed by atoms with Gasteiger partial charge in [0.25, 0.3) is 0 Å². The van der Waals surface area contributed by atoms with E-state index in [0.717, 1.165) is 44.9 Å². The van der Waals surface area contributed by atoms with Gasteiger partial charge in [0.05, 0.1) is 0 Å². The lowest BCUT2D eigenvalue weighted by molar-refractivity contribution is 0.0710. The van der Waals surface area contributed by atoms with Crippen molar-refractivity contribution in [1.29, 1.82) is 0 Å². The predicted octanol–water partition coefficient (Wildman–Crippen LogP) is 4.40. The highest BCUT2D eigenvalue weighted by Crippen LogP contribution is 2.18. The van der Waals surface area contributed by atoms with Crippen LogP contribution < -0.4 is 0 Å². The van der Waals surface area contributed by atoms with Crippen LogP contribution in [-0.2, 0) is 13.3 Å². The standard InChI is InChI=1S/C19H42N2O3Si/c1-7-19(15-13-17-21(8-2)9-3)20-16-14-18-25(22-10-4,23-11-5)24-12-6/h7-18H2,1-6H3. The molecule has 0 rings (SSSR count). The third kappa shape index (κ3) is 11.1. The van der Waals surface area contributed by atoms with Crippen molar-refractivity contribution in [3.8, 4) is 0 Å². The van der Waals surface area contributed by atoms with Gasteiger partial charge in [-0.15, -0.1) is 0 Å². The molecule has 0 aliphatic carbocycles. The second-order valence-electron chi connectivity index (χ2n) is 6.02. The zero-order valence-electron chi connectivity index (χ0n) is 17.6. The fraction of sp³-hybridized carbons (Fsp3) is 0.947. The molecule has 150 valence electrons. The average molecular weight is 375 g/mol. The molecule has 0 N–H and O–H groups in total. The molecule has 0 saturated heterocycles. The Kier molecular flexibility index (Phi) is 15.8. The van der Waals surface area contributed by atoms with Gasteiger partial charge in [0, 0.05) is 38.1 Å². The van der Waals surface area contributed by atoms with Gasteiger partial charge >= 0.3 is 8.80 Å². The summed E-state index contributed by atoms with van der Waals surface area (Å²) < 4.78 is 17.7. The molecule has 0 aliphatic heterocycles. The van der Waals surface area contributed by atoms with Gasteiger partial charge in [-0.05, 0) is 66.1 Å². The molecule has 0 aromatic carbocycles. The minimum absolute atomic E-state index is 0.640. The van der Waals surface area contributed by atoms with E-state index in [4.69, 9.17) is 18.3 Å². The van der Waals surface area contributed by atoms with Crippen LogP contribution in [0.3, 0.4) is 0 Å². The van der Waals surface area contributed by atoms with Crippen molar-refractivity contribution in [3.05, 3.63) is 0 Å². The zero-order chi connectivity index (χ0) is 19.0. The molecule has 0 saturated carbocycles. The van der Waals surface area contributed by atoms with Gasteiger partial charge in [-0.3, -0.25) is 4.99 Å². The quantitative estimate of drug-likeness (QED) is 0.215. The van der Waals surface area contributed by atoms with E-state index in [9.17, 15) is 0 Å². The van der Waals surface area contributed by atoms with Crippen LogP contribution in [0.4, 0.5) is 0 Å². The van der Waals surface area contributed by atoms with Crippen molar-refractivity contribution in [2.24, 2.45) is 4.99 Å². The number of aliphatic imine (C=N–C) groups is 1. The summed E-state index contributed by atoms with van der Waals surface area (Å²) in [6.07, 6.45) is 4.32. The topological polar surface area (TPSA) is 43.3 Å². The Bertz CT molecular complexity index is 320. The Labute approximate surface area is 157 Å². The molecule has 5 nitrogen and oxygen atoms in total. The summed E-state index contributed by atoms with van der Waals surface area (Å²) in [5, 5.41) is 0. The lowest BCUT2D eigenvalue weighted by atomic mass is 10.1. The molecule has 0 unspecified atom stereocenters. The Morgan fingerprint density at radius 3 is 1.84 bits per heavy atom. The Balaban J connectivity index is 4.37. The minimum atomic E-state index is -2.50. The summed E-state index contributed by atoms with van der Waals surface area (Å²) in [4.78, 5) is 7.30. The van der Waals surface area contributed by atoms with E-state index in [0.29, 0.717) is 19.8 Å². The summed E-state index contributed by atoms with van der Waals surface area (Å²) in [7, 11) is -2.50. The van der Waals surface area contributed by atoms with Crippen molar-refractivity contribution in [2.75, 3.05) is 46.0 Å². The van der Waals surface area contributed by atoms with Gasteiger partial charge in [-0.1, -0.05) is 20.8 Å². The third-order valence-electron chi connectivity index (χ3n) is 4.31. The van der Waals surface area contributed by atoms with E-state index in [1.54, 1.807) is 0 Å². The highest BCUT2D eigenvalue weighted by Gasteiger charge is 2.39. The van der Waals surface area contributed by atoms with Crippen LogP contribution in [0.25, 0.3) is 0 Å². The van der Waals surface area contributed by atoms with E-state index >= 15 is 0 Å². The Morgan fingerprint density at radius 1 is 0.840 bits per heavy atom. The van der Waals surface area contributed by atoms with E-state index in [-0.39, 0.29) is 0 Å². The van der Waals surface area contributed by atoms with Crippen molar-refractivity contribution < 1.29 is 13.3 Å². The SMILES string of the molecule is CCO[Si](CCCN=C(CC)CCCN(CC)CC)(OCC)OCC. The van der Waals surface area contributed by atoms with Crippen LogP contribution in [0.1, 0.15) is 67.2 Å². The fourth-order valence-electron chi connectivity index (χ4n) is 2.95. The van der Waals surface area contributed by atoms with Gasteiger partial charge < -0.3 is 18.2 Å². The normalized spacial score (nSPS) is 13.0. The molecular formula is C19H42N2O3Si. The molecule has 6 heteroatoms. The fourth-order valence-corrected chi connectivity index (χ4v) is 5.54. The summed E-state index contributed by atoms with van der Waals surface area (Å²) in [6.45, 7) is 18.9. The first-order chi connectivity index (χ1) is 12.1. The van der Waals surface area contributed by atoms with Gasteiger partial charge in [0.15, 0.2) is 0 Å². The molecule has 0 heterocycles. The molecule has 0 atom stereocenters. The number of hydrogen-bond donors (Lipinski definition) is 0. The molecule has 0 amide bonds. The molecule has 0 aromatic rings. The molecule has 25 heavy (non-hydrogen) atoms. The van der Waals surface area contributed by atoms with Crippen LogP contribution in [0, 0.1) is 0 Å². The first-order valence-corrected chi connectivity index (χ1v) is 12.2.